The number of carboxylic acid groups (broad SMARTS) is 1. The fourth-order valence-corrected chi connectivity index (χ4v) is 1.25. The van der Waals surface area contributed by atoms with E-state index in [0.717, 1.165) is 6.07 Å². The first-order chi connectivity index (χ1) is 8.07. The van der Waals surface area contributed by atoms with E-state index in [1.165, 1.54) is 23.7 Å². The van der Waals surface area contributed by atoms with Crippen LogP contribution in [0.3, 0.4) is 0 Å². The van der Waals surface area contributed by atoms with E-state index in [1.807, 2.05) is 0 Å². The molecular formula is C10H8ClNO5. The minimum absolute atomic E-state index is 0.0327. The molecule has 0 atom stereocenters. The van der Waals surface area contributed by atoms with E-state index in [2.05, 4.69) is 0 Å². The van der Waals surface area contributed by atoms with E-state index >= 15 is 0 Å². The molecule has 0 saturated carbocycles. The summed E-state index contributed by atoms with van der Waals surface area (Å²) in [5.41, 5.74) is 0.225. The van der Waals surface area contributed by atoms with Crippen LogP contribution in [0.15, 0.2) is 29.8 Å². The first kappa shape index (κ1) is 13.0. The summed E-state index contributed by atoms with van der Waals surface area (Å²) in [6, 6.07) is 3.80. The van der Waals surface area contributed by atoms with Gasteiger partial charge in [0.25, 0.3) is 5.69 Å². The van der Waals surface area contributed by atoms with Crippen LogP contribution in [-0.2, 0) is 0 Å². The second-order valence-corrected chi connectivity index (χ2v) is 3.14. The minimum atomic E-state index is -1.41. The van der Waals surface area contributed by atoms with Crippen LogP contribution in [0.1, 0.15) is 10.4 Å². The van der Waals surface area contributed by atoms with Crippen molar-refractivity contribution >= 4 is 23.3 Å². The molecule has 0 saturated heterocycles. The van der Waals surface area contributed by atoms with Gasteiger partial charge in [-0.2, -0.15) is 0 Å². The van der Waals surface area contributed by atoms with Gasteiger partial charge in [0.1, 0.15) is 12.4 Å². The molecule has 0 amide bonds. The van der Waals surface area contributed by atoms with Crippen molar-refractivity contribution in [3.05, 3.63) is 45.5 Å². The summed E-state index contributed by atoms with van der Waals surface area (Å²) in [4.78, 5) is 20.8. The zero-order valence-electron chi connectivity index (χ0n) is 8.50. The number of hydrogen-bond acceptors (Lipinski definition) is 4. The van der Waals surface area contributed by atoms with E-state index < -0.39 is 22.1 Å². The maximum atomic E-state index is 11.0. The molecule has 0 bridgehead atoms. The molecule has 7 heteroatoms. The fraction of sp³-hybridized carbons (Fsp3) is 0.100. The van der Waals surface area contributed by atoms with Gasteiger partial charge < -0.3 is 9.84 Å². The number of hydrogen-bond donors (Lipinski definition) is 1. The summed E-state index contributed by atoms with van der Waals surface area (Å²) >= 11 is 5.27. The number of aromatic carboxylic acids is 1. The Kier molecular flexibility index (Phi) is 4.47. The Balaban J connectivity index is 3.15. The van der Waals surface area contributed by atoms with Crippen molar-refractivity contribution < 1.29 is 19.6 Å². The van der Waals surface area contributed by atoms with Crippen molar-refractivity contribution in [3.63, 3.8) is 0 Å². The number of rotatable bonds is 5. The third-order valence-corrected chi connectivity index (χ3v) is 2.02. The molecule has 0 heterocycles. The maximum Gasteiger partial charge on any atom is 0.346 e. The van der Waals surface area contributed by atoms with Crippen LogP contribution in [-0.4, -0.2) is 22.6 Å². The molecule has 90 valence electrons. The highest BCUT2D eigenvalue weighted by Gasteiger charge is 2.24. The molecule has 0 spiro atoms. The molecular weight excluding hydrogens is 250 g/mol. The highest BCUT2D eigenvalue weighted by molar-refractivity contribution is 6.25. The first-order valence-corrected chi connectivity index (χ1v) is 4.90. The molecule has 1 N–H and O–H groups in total. The second kappa shape index (κ2) is 5.86. The molecule has 0 aromatic heterocycles. The normalized spacial score (nSPS) is 10.4. The predicted octanol–water partition coefficient (Wildman–Crippen LogP) is 2.42. The molecule has 0 aliphatic rings. The van der Waals surface area contributed by atoms with Gasteiger partial charge in [0, 0.05) is 11.6 Å². The summed E-state index contributed by atoms with van der Waals surface area (Å²) in [7, 11) is 0. The number of halogens is 1. The Hall–Kier alpha value is -2.08. The molecule has 0 radical (unpaired) electrons. The van der Waals surface area contributed by atoms with Crippen LogP contribution in [0.25, 0.3) is 0 Å². The maximum absolute atomic E-state index is 11.0. The molecule has 6 nitrogen and oxygen atoms in total. The summed E-state index contributed by atoms with van der Waals surface area (Å²) in [6.45, 7) is 0.0327. The number of carboxylic acids is 1. The molecule has 0 fully saturated rings. The average Bonchev–Trinajstić information content (AvgIpc) is 2.28. The van der Waals surface area contributed by atoms with Crippen molar-refractivity contribution in [1.82, 2.24) is 0 Å². The molecule has 0 aliphatic carbocycles. The number of carbonyl (C=O) groups is 1. The van der Waals surface area contributed by atoms with Crippen LogP contribution in [0.5, 0.6) is 5.75 Å². The monoisotopic (exact) mass is 257 g/mol. The smallest absolute Gasteiger partial charge is 0.346 e. The molecule has 0 aliphatic heterocycles. The van der Waals surface area contributed by atoms with Crippen LogP contribution >= 0.6 is 11.6 Å². The van der Waals surface area contributed by atoms with Gasteiger partial charge in [0.2, 0.25) is 0 Å². The van der Waals surface area contributed by atoms with Crippen molar-refractivity contribution in [2.75, 3.05) is 6.61 Å². The van der Waals surface area contributed by atoms with Crippen LogP contribution in [0.4, 0.5) is 5.69 Å². The van der Waals surface area contributed by atoms with E-state index in [0.29, 0.717) is 0 Å². The number of nitro benzene ring substituents is 1. The van der Waals surface area contributed by atoms with Gasteiger partial charge >= 0.3 is 5.97 Å². The summed E-state index contributed by atoms with van der Waals surface area (Å²) in [5, 5.41) is 19.6. The van der Waals surface area contributed by atoms with Gasteiger partial charge in [-0.1, -0.05) is 17.7 Å². The van der Waals surface area contributed by atoms with E-state index in [-0.39, 0.29) is 12.4 Å². The van der Waals surface area contributed by atoms with Gasteiger partial charge in [0.05, 0.1) is 4.92 Å². The van der Waals surface area contributed by atoms with Gasteiger partial charge in [0.15, 0.2) is 5.56 Å². The lowest BCUT2D eigenvalue weighted by Crippen LogP contribution is -2.06. The first-order valence-electron chi connectivity index (χ1n) is 4.46. The second-order valence-electron chi connectivity index (χ2n) is 2.89. The molecule has 0 unspecified atom stereocenters. The van der Waals surface area contributed by atoms with Crippen molar-refractivity contribution in [3.8, 4) is 5.75 Å². The highest BCUT2D eigenvalue weighted by atomic mass is 35.5. The van der Waals surface area contributed by atoms with Gasteiger partial charge in [-0.3, -0.25) is 10.1 Å². The summed E-state index contributed by atoms with van der Waals surface area (Å²) in [5.74, 6) is -1.48. The highest BCUT2D eigenvalue weighted by Crippen LogP contribution is 2.28. The predicted molar refractivity (Wildman–Crippen MR) is 60.5 cm³/mol. The van der Waals surface area contributed by atoms with Crippen molar-refractivity contribution in [1.29, 1.82) is 0 Å². The summed E-state index contributed by atoms with van der Waals surface area (Å²) in [6.07, 6.45) is 1.44. The SMILES string of the molecule is O=C(O)c1c(OC/C=C/Cl)cccc1[N+](=O)[O-]. The Bertz CT molecular complexity index is 472. The van der Waals surface area contributed by atoms with Crippen molar-refractivity contribution in [2.45, 2.75) is 0 Å². The van der Waals surface area contributed by atoms with Gasteiger partial charge in [-0.25, -0.2) is 4.79 Å². The topological polar surface area (TPSA) is 89.7 Å². The number of nitro groups is 1. The molecule has 1 rings (SSSR count). The van der Waals surface area contributed by atoms with E-state index in [4.69, 9.17) is 21.4 Å². The van der Waals surface area contributed by atoms with Crippen LogP contribution < -0.4 is 4.74 Å². The van der Waals surface area contributed by atoms with Crippen molar-refractivity contribution in [2.24, 2.45) is 0 Å². The lowest BCUT2D eigenvalue weighted by atomic mass is 10.1. The zero-order valence-corrected chi connectivity index (χ0v) is 9.26. The third kappa shape index (κ3) is 3.18. The number of nitrogens with zero attached hydrogens (tertiary/aromatic N) is 1. The van der Waals surface area contributed by atoms with Gasteiger partial charge in [-0.15, -0.1) is 0 Å². The molecule has 1 aromatic carbocycles. The quantitative estimate of drug-likeness (QED) is 0.646. The van der Waals surface area contributed by atoms with Crippen LogP contribution in [0, 0.1) is 10.1 Å². The third-order valence-electron chi connectivity index (χ3n) is 1.84. The Morgan fingerprint density at radius 1 is 1.59 bits per heavy atom. The number of benzene rings is 1. The minimum Gasteiger partial charge on any atom is -0.488 e. The zero-order chi connectivity index (χ0) is 12.8. The lowest BCUT2D eigenvalue weighted by Gasteiger charge is -2.06. The standard InChI is InChI=1S/C10H8ClNO5/c11-5-2-6-17-8-4-1-3-7(12(15)16)9(8)10(13)14/h1-5H,6H2,(H,13,14)/b5-2+. The number of ether oxygens (including phenoxy) is 1. The van der Waals surface area contributed by atoms with E-state index in [9.17, 15) is 14.9 Å². The Morgan fingerprint density at radius 3 is 2.82 bits per heavy atom. The Labute approximate surface area is 101 Å². The summed E-state index contributed by atoms with van der Waals surface area (Å²) < 4.78 is 5.07. The molecule has 1 aromatic rings. The Morgan fingerprint density at radius 2 is 2.29 bits per heavy atom. The fourth-order valence-electron chi connectivity index (χ4n) is 1.18. The van der Waals surface area contributed by atoms with E-state index in [1.54, 1.807) is 0 Å². The van der Waals surface area contributed by atoms with Gasteiger partial charge in [-0.05, 0) is 12.1 Å². The molecule has 17 heavy (non-hydrogen) atoms. The lowest BCUT2D eigenvalue weighted by molar-refractivity contribution is -0.385. The largest absolute Gasteiger partial charge is 0.488 e. The van der Waals surface area contributed by atoms with Crippen LogP contribution in [0.2, 0.25) is 0 Å². The average molecular weight is 258 g/mol.